The van der Waals surface area contributed by atoms with Crippen LogP contribution in [0, 0.1) is 0 Å². The molecular weight excluding hydrogens is 278 g/mol. The molecule has 0 bridgehead atoms. The van der Waals surface area contributed by atoms with Crippen LogP contribution in [0.25, 0.3) is 11.6 Å². The summed E-state index contributed by atoms with van der Waals surface area (Å²) in [4.78, 5) is 2.52. The number of allylic oxidation sites excluding steroid dienone is 1. The Morgan fingerprint density at radius 3 is 2.65 bits per heavy atom. The minimum atomic E-state index is 0.730. The van der Waals surface area contributed by atoms with E-state index in [1.807, 2.05) is 0 Å². The average molecular weight is 303 g/mol. The van der Waals surface area contributed by atoms with E-state index >= 15 is 0 Å². The molecule has 4 rings (SSSR count). The number of likely N-dealkylation sites (N-methyl/N-ethyl adjacent to an activating group) is 1. The fourth-order valence-electron chi connectivity index (χ4n) is 4.43. The van der Waals surface area contributed by atoms with E-state index in [4.69, 9.17) is 0 Å². The highest BCUT2D eigenvalue weighted by molar-refractivity contribution is 5.81. The lowest BCUT2D eigenvalue weighted by Crippen LogP contribution is -2.32. The highest BCUT2D eigenvalue weighted by atomic mass is 15.2. The zero-order chi connectivity index (χ0) is 15.8. The molecule has 0 saturated heterocycles. The Hall–Kier alpha value is -2.02. The van der Waals surface area contributed by atoms with Crippen LogP contribution >= 0.6 is 0 Å². The van der Waals surface area contributed by atoms with Crippen LogP contribution in [0.1, 0.15) is 55.2 Å². The van der Waals surface area contributed by atoms with Crippen molar-refractivity contribution in [1.82, 2.24) is 0 Å². The molecule has 1 aliphatic heterocycles. The molecule has 118 valence electrons. The molecule has 23 heavy (non-hydrogen) atoms. The highest BCUT2D eigenvalue weighted by Gasteiger charge is 2.37. The third-order valence-electron chi connectivity index (χ3n) is 5.67. The minimum Gasteiger partial charge on any atom is -0.371 e. The van der Waals surface area contributed by atoms with Crippen molar-refractivity contribution in [3.05, 3.63) is 65.2 Å². The van der Waals surface area contributed by atoms with Gasteiger partial charge in [-0.2, -0.15) is 0 Å². The second kappa shape index (κ2) is 5.88. The van der Waals surface area contributed by atoms with Crippen molar-refractivity contribution in [3.8, 4) is 0 Å². The van der Waals surface area contributed by atoms with Gasteiger partial charge in [-0.3, -0.25) is 0 Å². The van der Waals surface area contributed by atoms with Gasteiger partial charge in [-0.25, -0.2) is 0 Å². The van der Waals surface area contributed by atoms with E-state index in [9.17, 15) is 0 Å². The molecule has 2 aromatic rings. The van der Waals surface area contributed by atoms with Crippen LogP contribution < -0.4 is 4.90 Å². The van der Waals surface area contributed by atoms with E-state index in [-0.39, 0.29) is 0 Å². The van der Waals surface area contributed by atoms with Gasteiger partial charge in [-0.15, -0.1) is 0 Å². The number of nitrogens with zero attached hydrogens (tertiary/aromatic N) is 1. The van der Waals surface area contributed by atoms with Crippen LogP contribution in [0.5, 0.6) is 0 Å². The second-order valence-electron chi connectivity index (χ2n) is 7.08. The van der Waals surface area contributed by atoms with Gasteiger partial charge in [-0.05, 0) is 54.2 Å². The average Bonchev–Trinajstić information content (AvgIpc) is 2.89. The van der Waals surface area contributed by atoms with E-state index in [2.05, 4.69) is 73.5 Å². The fraction of sp³-hybridized carbons (Fsp3) is 0.364. The van der Waals surface area contributed by atoms with Crippen molar-refractivity contribution in [1.29, 1.82) is 0 Å². The largest absolute Gasteiger partial charge is 0.371 e. The number of rotatable bonds is 2. The molecule has 2 atom stereocenters. The van der Waals surface area contributed by atoms with Crippen molar-refractivity contribution >= 4 is 17.3 Å². The van der Waals surface area contributed by atoms with Crippen molar-refractivity contribution in [3.63, 3.8) is 0 Å². The maximum absolute atomic E-state index is 2.52. The Bertz CT molecular complexity index is 729. The molecule has 0 spiro atoms. The summed E-state index contributed by atoms with van der Waals surface area (Å²) >= 11 is 0. The second-order valence-corrected chi connectivity index (χ2v) is 7.08. The number of hydrogen-bond acceptors (Lipinski definition) is 1. The molecule has 0 radical (unpaired) electrons. The smallest absolute Gasteiger partial charge is 0.0402 e. The molecule has 0 aromatic heterocycles. The van der Waals surface area contributed by atoms with Crippen LogP contribution in [0.15, 0.2) is 48.5 Å². The number of hydrogen-bond donors (Lipinski definition) is 0. The molecule has 1 heteroatoms. The standard InChI is InChI=1S/C22H25N/c1-16(18-8-4-3-5-9-18)14-17-12-13-22-20(15-17)19-10-6-7-11-21(19)23(22)2/h3-5,8-9,12-15,19,21H,6-7,10-11H2,1-2H3/b16-14+. The summed E-state index contributed by atoms with van der Waals surface area (Å²) in [6.07, 6.45) is 7.81. The lowest BCUT2D eigenvalue weighted by molar-refractivity contribution is 0.396. The molecule has 0 amide bonds. The van der Waals surface area contributed by atoms with Gasteiger partial charge in [0, 0.05) is 24.7 Å². The van der Waals surface area contributed by atoms with Gasteiger partial charge in [0.1, 0.15) is 0 Å². The summed E-state index contributed by atoms with van der Waals surface area (Å²) < 4.78 is 0. The van der Waals surface area contributed by atoms with Gasteiger partial charge in [0.25, 0.3) is 0 Å². The third kappa shape index (κ3) is 2.59. The van der Waals surface area contributed by atoms with Crippen molar-refractivity contribution in [2.75, 3.05) is 11.9 Å². The molecule has 1 aliphatic carbocycles. The first-order valence-corrected chi connectivity index (χ1v) is 8.84. The molecule has 2 aliphatic rings. The van der Waals surface area contributed by atoms with E-state index in [0.29, 0.717) is 0 Å². The Labute approximate surface area is 139 Å². The van der Waals surface area contributed by atoms with Gasteiger partial charge < -0.3 is 4.90 Å². The minimum absolute atomic E-state index is 0.730. The van der Waals surface area contributed by atoms with Gasteiger partial charge in [-0.1, -0.05) is 55.3 Å². The van der Waals surface area contributed by atoms with Crippen molar-refractivity contribution in [2.45, 2.75) is 44.6 Å². The molecule has 0 N–H and O–H groups in total. The monoisotopic (exact) mass is 303 g/mol. The SMILES string of the molecule is C/C(=C\c1ccc2c(c1)C1CCCCC1N2C)c1ccccc1. The summed E-state index contributed by atoms with van der Waals surface area (Å²) in [6.45, 7) is 2.21. The summed E-state index contributed by atoms with van der Waals surface area (Å²) in [5, 5.41) is 0. The summed E-state index contributed by atoms with van der Waals surface area (Å²) in [5.74, 6) is 0.745. The number of benzene rings is 2. The highest BCUT2D eigenvalue weighted by Crippen LogP contribution is 2.47. The van der Waals surface area contributed by atoms with Gasteiger partial charge in [0.2, 0.25) is 0 Å². The maximum Gasteiger partial charge on any atom is 0.0402 e. The van der Waals surface area contributed by atoms with E-state index in [1.165, 1.54) is 48.1 Å². The summed E-state index contributed by atoms with van der Waals surface area (Å²) in [6, 6.07) is 18.4. The Kier molecular flexibility index (Phi) is 3.72. The molecule has 2 aromatic carbocycles. The first-order valence-electron chi connectivity index (χ1n) is 8.84. The predicted molar refractivity (Wildman–Crippen MR) is 99.8 cm³/mol. The topological polar surface area (TPSA) is 3.24 Å². The number of anilines is 1. The zero-order valence-corrected chi connectivity index (χ0v) is 14.1. The summed E-state index contributed by atoms with van der Waals surface area (Å²) in [5.41, 5.74) is 7.01. The quantitative estimate of drug-likeness (QED) is 0.641. The van der Waals surface area contributed by atoms with Crippen LogP contribution in [-0.4, -0.2) is 13.1 Å². The molecule has 1 fully saturated rings. The predicted octanol–water partition coefficient (Wildman–Crippen LogP) is 5.72. The van der Waals surface area contributed by atoms with E-state index < -0.39 is 0 Å². The lowest BCUT2D eigenvalue weighted by Gasteiger charge is -2.30. The third-order valence-corrected chi connectivity index (χ3v) is 5.67. The van der Waals surface area contributed by atoms with Crippen LogP contribution in [0.2, 0.25) is 0 Å². The van der Waals surface area contributed by atoms with Crippen LogP contribution in [0.4, 0.5) is 5.69 Å². The molecule has 1 saturated carbocycles. The van der Waals surface area contributed by atoms with Gasteiger partial charge in [0.05, 0.1) is 0 Å². The maximum atomic E-state index is 2.52. The molecule has 1 heterocycles. The van der Waals surface area contributed by atoms with Crippen LogP contribution in [0.3, 0.4) is 0 Å². The van der Waals surface area contributed by atoms with Crippen molar-refractivity contribution in [2.24, 2.45) is 0 Å². The molecular formula is C22H25N. The Balaban J connectivity index is 1.68. The van der Waals surface area contributed by atoms with Gasteiger partial charge >= 0.3 is 0 Å². The normalized spacial score (nSPS) is 23.6. The van der Waals surface area contributed by atoms with Crippen LogP contribution in [-0.2, 0) is 0 Å². The fourth-order valence-corrected chi connectivity index (χ4v) is 4.43. The molecule has 2 unspecified atom stereocenters. The summed E-state index contributed by atoms with van der Waals surface area (Å²) in [7, 11) is 2.28. The Morgan fingerprint density at radius 2 is 1.83 bits per heavy atom. The Morgan fingerprint density at radius 1 is 1.04 bits per heavy atom. The van der Waals surface area contributed by atoms with E-state index in [0.717, 1.165) is 12.0 Å². The van der Waals surface area contributed by atoms with E-state index in [1.54, 1.807) is 5.56 Å². The zero-order valence-electron chi connectivity index (χ0n) is 14.1. The first-order chi connectivity index (χ1) is 11.2. The molecule has 1 nitrogen and oxygen atoms in total. The lowest BCUT2D eigenvalue weighted by atomic mass is 9.82. The first kappa shape index (κ1) is 14.6. The number of fused-ring (bicyclic) bond motifs is 3. The van der Waals surface area contributed by atoms with Gasteiger partial charge in [0.15, 0.2) is 0 Å². The van der Waals surface area contributed by atoms with Crippen molar-refractivity contribution < 1.29 is 0 Å².